The second-order valence-electron chi connectivity index (χ2n) is 6.23. The third-order valence-corrected chi connectivity index (χ3v) is 6.00. The lowest BCUT2D eigenvalue weighted by atomic mass is 9.73. The molecular formula is C16H24N2OS. The molecule has 2 N–H and O–H groups in total. The van der Waals surface area contributed by atoms with Crippen molar-refractivity contribution < 1.29 is 4.79 Å². The number of carbonyl (C=O) groups is 1. The van der Waals surface area contributed by atoms with Gasteiger partial charge in [-0.3, -0.25) is 4.79 Å². The van der Waals surface area contributed by atoms with Crippen LogP contribution >= 0.6 is 11.3 Å². The van der Waals surface area contributed by atoms with Crippen molar-refractivity contribution in [3.05, 3.63) is 22.4 Å². The van der Waals surface area contributed by atoms with Crippen molar-refractivity contribution in [2.24, 2.45) is 5.92 Å². The van der Waals surface area contributed by atoms with Gasteiger partial charge in [0.15, 0.2) is 0 Å². The molecule has 1 aromatic rings. The van der Waals surface area contributed by atoms with Gasteiger partial charge >= 0.3 is 0 Å². The van der Waals surface area contributed by atoms with E-state index in [0.29, 0.717) is 0 Å². The summed E-state index contributed by atoms with van der Waals surface area (Å²) < 4.78 is 0. The maximum absolute atomic E-state index is 12.3. The summed E-state index contributed by atoms with van der Waals surface area (Å²) in [6.07, 6.45) is 7.34. The van der Waals surface area contributed by atoms with Gasteiger partial charge in [-0.05, 0) is 37.3 Å². The van der Waals surface area contributed by atoms with E-state index >= 15 is 0 Å². The van der Waals surface area contributed by atoms with Crippen molar-refractivity contribution in [3.8, 4) is 0 Å². The van der Waals surface area contributed by atoms with Crippen LogP contribution < -0.4 is 10.6 Å². The molecule has 110 valence electrons. The molecule has 0 aromatic carbocycles. The smallest absolute Gasteiger partial charge is 0.224 e. The summed E-state index contributed by atoms with van der Waals surface area (Å²) >= 11 is 1.85. The van der Waals surface area contributed by atoms with E-state index < -0.39 is 0 Å². The van der Waals surface area contributed by atoms with Crippen LogP contribution in [-0.4, -0.2) is 25.5 Å². The zero-order chi connectivity index (χ0) is 13.8. The van der Waals surface area contributed by atoms with Crippen molar-refractivity contribution >= 4 is 17.2 Å². The number of thiophene rings is 1. The highest BCUT2D eigenvalue weighted by Gasteiger charge is 2.35. The molecule has 1 aliphatic carbocycles. The molecule has 0 radical (unpaired) electrons. The molecule has 2 fully saturated rings. The molecule has 3 rings (SSSR count). The molecule has 3 nitrogen and oxygen atoms in total. The second-order valence-corrected chi connectivity index (χ2v) is 7.17. The summed E-state index contributed by atoms with van der Waals surface area (Å²) in [5.41, 5.74) is 0.202. The Morgan fingerprint density at radius 3 is 2.90 bits per heavy atom. The van der Waals surface area contributed by atoms with Gasteiger partial charge in [0.05, 0.1) is 5.92 Å². The maximum atomic E-state index is 12.3. The summed E-state index contributed by atoms with van der Waals surface area (Å²) in [6, 6.07) is 4.39. The van der Waals surface area contributed by atoms with Crippen LogP contribution in [0, 0.1) is 5.92 Å². The predicted molar refractivity (Wildman–Crippen MR) is 83.1 cm³/mol. The zero-order valence-corrected chi connectivity index (χ0v) is 12.8. The van der Waals surface area contributed by atoms with Gasteiger partial charge in [0.25, 0.3) is 0 Å². The van der Waals surface area contributed by atoms with Gasteiger partial charge in [-0.1, -0.05) is 25.3 Å². The summed E-state index contributed by atoms with van der Waals surface area (Å²) in [5, 5.41) is 8.68. The Morgan fingerprint density at radius 1 is 1.40 bits per heavy atom. The Labute approximate surface area is 125 Å². The third-order valence-electron chi connectivity index (χ3n) is 4.89. The number of rotatable bonds is 4. The van der Waals surface area contributed by atoms with Crippen LogP contribution in [0.15, 0.2) is 17.5 Å². The summed E-state index contributed by atoms with van der Waals surface area (Å²) in [6.45, 7) is 2.65. The average molecular weight is 292 g/mol. The van der Waals surface area contributed by atoms with Crippen LogP contribution in [0.1, 0.15) is 43.4 Å². The van der Waals surface area contributed by atoms with Crippen molar-refractivity contribution in [2.75, 3.05) is 19.6 Å². The number of hydrogen-bond donors (Lipinski definition) is 2. The Hall–Kier alpha value is -0.870. The molecule has 1 aliphatic heterocycles. The quantitative estimate of drug-likeness (QED) is 0.896. The molecular weight excluding hydrogens is 268 g/mol. The van der Waals surface area contributed by atoms with E-state index in [0.717, 1.165) is 26.1 Å². The maximum Gasteiger partial charge on any atom is 0.224 e. The number of hydrogen-bond acceptors (Lipinski definition) is 3. The van der Waals surface area contributed by atoms with Crippen LogP contribution in [-0.2, 0) is 10.2 Å². The van der Waals surface area contributed by atoms with Crippen molar-refractivity contribution in [1.29, 1.82) is 0 Å². The van der Waals surface area contributed by atoms with E-state index in [1.807, 2.05) is 11.3 Å². The molecule has 1 atom stereocenters. The molecule has 2 heterocycles. The predicted octanol–water partition coefficient (Wildman–Crippen LogP) is 2.68. The van der Waals surface area contributed by atoms with E-state index in [1.165, 1.54) is 37.0 Å². The van der Waals surface area contributed by atoms with Gasteiger partial charge in [-0.25, -0.2) is 0 Å². The Balaban J connectivity index is 1.66. The Bertz CT molecular complexity index is 431. The normalized spacial score (nSPS) is 25.5. The molecule has 1 saturated heterocycles. The highest BCUT2D eigenvalue weighted by molar-refractivity contribution is 7.10. The first kappa shape index (κ1) is 14.1. The molecule has 20 heavy (non-hydrogen) atoms. The van der Waals surface area contributed by atoms with Gasteiger partial charge in [-0.2, -0.15) is 0 Å². The first-order chi connectivity index (χ1) is 9.80. The van der Waals surface area contributed by atoms with Crippen LogP contribution in [0.2, 0.25) is 0 Å². The van der Waals surface area contributed by atoms with Gasteiger partial charge in [0.1, 0.15) is 0 Å². The molecule has 1 unspecified atom stereocenters. The minimum absolute atomic E-state index is 0.180. The minimum atomic E-state index is 0.180. The summed E-state index contributed by atoms with van der Waals surface area (Å²) in [4.78, 5) is 13.7. The van der Waals surface area contributed by atoms with Crippen LogP contribution in [0.4, 0.5) is 0 Å². The molecule has 2 aliphatic rings. The molecule has 4 heteroatoms. The molecule has 1 aromatic heterocycles. The second kappa shape index (κ2) is 6.27. The lowest BCUT2D eigenvalue weighted by molar-refractivity contribution is -0.124. The Kier molecular flexibility index (Phi) is 4.41. The fourth-order valence-electron chi connectivity index (χ4n) is 3.60. The fourth-order valence-corrected chi connectivity index (χ4v) is 4.59. The van der Waals surface area contributed by atoms with Crippen molar-refractivity contribution in [2.45, 2.75) is 43.9 Å². The van der Waals surface area contributed by atoms with E-state index in [-0.39, 0.29) is 17.2 Å². The largest absolute Gasteiger partial charge is 0.355 e. The zero-order valence-electron chi connectivity index (χ0n) is 12.0. The van der Waals surface area contributed by atoms with Crippen molar-refractivity contribution in [3.63, 3.8) is 0 Å². The standard InChI is InChI=1S/C16H24N2OS/c19-15(13-6-9-17-11-13)18-12-16(7-2-1-3-8-16)14-5-4-10-20-14/h4-5,10,13,17H,1-3,6-9,11-12H2,(H,18,19). The van der Waals surface area contributed by atoms with Crippen LogP contribution in [0.25, 0.3) is 0 Å². The van der Waals surface area contributed by atoms with Gasteiger partial charge in [-0.15, -0.1) is 11.3 Å². The van der Waals surface area contributed by atoms with E-state index in [4.69, 9.17) is 0 Å². The Morgan fingerprint density at radius 2 is 2.25 bits per heavy atom. The van der Waals surface area contributed by atoms with Crippen LogP contribution in [0.5, 0.6) is 0 Å². The van der Waals surface area contributed by atoms with Gasteiger partial charge in [0.2, 0.25) is 5.91 Å². The summed E-state index contributed by atoms with van der Waals surface area (Å²) in [7, 11) is 0. The van der Waals surface area contributed by atoms with Crippen LogP contribution in [0.3, 0.4) is 0 Å². The molecule has 1 saturated carbocycles. The molecule has 0 spiro atoms. The SMILES string of the molecule is O=C(NCC1(c2cccs2)CCCCC1)C1CCNC1. The van der Waals surface area contributed by atoms with E-state index in [9.17, 15) is 4.79 Å². The first-order valence-corrected chi connectivity index (χ1v) is 8.71. The monoisotopic (exact) mass is 292 g/mol. The first-order valence-electron chi connectivity index (χ1n) is 7.83. The number of nitrogens with one attached hydrogen (secondary N) is 2. The van der Waals surface area contributed by atoms with E-state index in [2.05, 4.69) is 28.1 Å². The highest BCUT2D eigenvalue weighted by Crippen LogP contribution is 2.41. The molecule has 1 amide bonds. The number of amides is 1. The lowest BCUT2D eigenvalue weighted by Crippen LogP contribution is -2.44. The molecule has 0 bridgehead atoms. The fraction of sp³-hybridized carbons (Fsp3) is 0.688. The number of carbonyl (C=O) groups excluding carboxylic acids is 1. The van der Waals surface area contributed by atoms with Gasteiger partial charge in [0, 0.05) is 23.4 Å². The lowest BCUT2D eigenvalue weighted by Gasteiger charge is -2.37. The van der Waals surface area contributed by atoms with E-state index in [1.54, 1.807) is 0 Å². The summed E-state index contributed by atoms with van der Waals surface area (Å²) in [5.74, 6) is 0.426. The average Bonchev–Trinajstić information content (AvgIpc) is 3.18. The highest BCUT2D eigenvalue weighted by atomic mass is 32.1. The van der Waals surface area contributed by atoms with Gasteiger partial charge < -0.3 is 10.6 Å². The third kappa shape index (κ3) is 2.91. The van der Waals surface area contributed by atoms with Crippen molar-refractivity contribution in [1.82, 2.24) is 10.6 Å². The topological polar surface area (TPSA) is 41.1 Å². The minimum Gasteiger partial charge on any atom is -0.355 e.